The van der Waals surface area contributed by atoms with Crippen molar-refractivity contribution >= 4 is 33.5 Å². The highest BCUT2D eigenvalue weighted by molar-refractivity contribution is 7.21. The predicted molar refractivity (Wildman–Crippen MR) is 119 cm³/mol. The van der Waals surface area contributed by atoms with Crippen LogP contribution in [0.4, 0.5) is 4.79 Å². The zero-order valence-corrected chi connectivity index (χ0v) is 18.2. The topological polar surface area (TPSA) is 96.7 Å². The van der Waals surface area contributed by atoms with E-state index in [9.17, 15) is 9.59 Å². The van der Waals surface area contributed by atoms with Gasteiger partial charge in [-0.3, -0.25) is 4.79 Å². The number of methoxy groups -OCH3 is 1. The van der Waals surface area contributed by atoms with E-state index in [1.165, 1.54) is 0 Å². The van der Waals surface area contributed by atoms with E-state index < -0.39 is 0 Å². The second-order valence-corrected chi connectivity index (χ2v) is 8.49. The number of carbonyl (C=O) groups is 2. The largest absolute Gasteiger partial charge is 0.457 e. The van der Waals surface area contributed by atoms with Gasteiger partial charge in [-0.1, -0.05) is 12.1 Å². The number of urea groups is 1. The molecule has 9 heteroatoms. The van der Waals surface area contributed by atoms with Crippen molar-refractivity contribution < 1.29 is 18.7 Å². The first-order chi connectivity index (χ1) is 15.1. The van der Waals surface area contributed by atoms with Gasteiger partial charge in [0.2, 0.25) is 5.91 Å². The third-order valence-corrected chi connectivity index (χ3v) is 6.39. The van der Waals surface area contributed by atoms with E-state index in [1.54, 1.807) is 23.3 Å². The zero-order chi connectivity index (χ0) is 21.6. The minimum Gasteiger partial charge on any atom is -0.457 e. The Kier molecular flexibility index (Phi) is 6.83. The van der Waals surface area contributed by atoms with Gasteiger partial charge >= 0.3 is 6.03 Å². The van der Waals surface area contributed by atoms with Crippen LogP contribution >= 0.6 is 11.3 Å². The quantitative estimate of drug-likeness (QED) is 0.548. The number of ether oxygens (including phenoxy) is 1. The summed E-state index contributed by atoms with van der Waals surface area (Å²) in [5.74, 6) is 1.36. The molecule has 3 heterocycles. The predicted octanol–water partition coefficient (Wildman–Crippen LogP) is 3.24. The summed E-state index contributed by atoms with van der Waals surface area (Å²) in [4.78, 5) is 31.0. The van der Waals surface area contributed by atoms with Crippen molar-refractivity contribution in [2.45, 2.75) is 19.4 Å². The number of fused-ring (bicyclic) bond motifs is 1. The van der Waals surface area contributed by atoms with Crippen LogP contribution in [0.2, 0.25) is 0 Å². The van der Waals surface area contributed by atoms with Gasteiger partial charge in [0.1, 0.15) is 5.76 Å². The number of nitrogens with one attached hydrogen (secondary N) is 2. The molecular weight excluding hydrogens is 416 g/mol. The molecule has 3 aromatic rings. The number of hydrogen-bond donors (Lipinski definition) is 2. The first-order valence-electron chi connectivity index (χ1n) is 10.4. The molecule has 0 atom stereocenters. The van der Waals surface area contributed by atoms with Gasteiger partial charge in [0, 0.05) is 32.7 Å². The van der Waals surface area contributed by atoms with Crippen LogP contribution in [0.25, 0.3) is 21.0 Å². The Hall–Kier alpha value is -2.91. The highest BCUT2D eigenvalue weighted by Crippen LogP contribution is 2.31. The number of amides is 3. The summed E-state index contributed by atoms with van der Waals surface area (Å²) in [7, 11) is 1.60. The van der Waals surface area contributed by atoms with E-state index >= 15 is 0 Å². The van der Waals surface area contributed by atoms with E-state index in [2.05, 4.69) is 15.6 Å². The van der Waals surface area contributed by atoms with E-state index in [0.717, 1.165) is 15.2 Å². The smallest absolute Gasteiger partial charge is 0.317 e. The van der Waals surface area contributed by atoms with E-state index in [1.807, 2.05) is 36.4 Å². The monoisotopic (exact) mass is 442 g/mol. The van der Waals surface area contributed by atoms with Gasteiger partial charge in [0.15, 0.2) is 10.8 Å². The van der Waals surface area contributed by atoms with Crippen LogP contribution < -0.4 is 10.6 Å². The molecule has 0 bridgehead atoms. The molecule has 2 aromatic heterocycles. The maximum absolute atomic E-state index is 12.5. The molecule has 3 amide bonds. The maximum Gasteiger partial charge on any atom is 0.317 e. The molecule has 1 saturated heterocycles. The lowest BCUT2D eigenvalue weighted by Gasteiger charge is -2.31. The van der Waals surface area contributed by atoms with Crippen LogP contribution in [0.5, 0.6) is 0 Å². The number of para-hydroxylation sites is 1. The minimum absolute atomic E-state index is 0.0371. The molecule has 2 N–H and O–H groups in total. The van der Waals surface area contributed by atoms with Gasteiger partial charge < -0.3 is 24.7 Å². The van der Waals surface area contributed by atoms with Crippen molar-refractivity contribution in [2.24, 2.45) is 5.92 Å². The molecule has 1 aliphatic rings. The number of carbonyl (C=O) groups excluding carboxylic acids is 2. The molecular formula is C22H26N4O4S. The van der Waals surface area contributed by atoms with Crippen molar-refractivity contribution in [3.05, 3.63) is 42.2 Å². The summed E-state index contributed by atoms with van der Waals surface area (Å²) >= 11 is 1.58. The Bertz CT molecular complexity index is 1010. The average molecular weight is 443 g/mol. The fourth-order valence-corrected chi connectivity index (χ4v) is 4.53. The number of piperidine rings is 1. The lowest BCUT2D eigenvalue weighted by Crippen LogP contribution is -2.46. The summed E-state index contributed by atoms with van der Waals surface area (Å²) < 4.78 is 11.9. The first-order valence-corrected chi connectivity index (χ1v) is 11.2. The average Bonchev–Trinajstić information content (AvgIpc) is 3.44. The lowest BCUT2D eigenvalue weighted by molar-refractivity contribution is -0.126. The Balaban J connectivity index is 1.25. The number of thiazole rings is 1. The standard InChI is InChI=1S/C22H26N4O4S/c1-29-13-10-23-20(27)15-8-11-26(12-9-15)22(28)24-14-16-6-7-18(30-16)21-25-17-4-2-3-5-19(17)31-21/h2-7,15H,8-14H2,1H3,(H,23,27)(H,24,28). The fraction of sp³-hybridized carbons (Fsp3) is 0.409. The number of hydrogen-bond acceptors (Lipinski definition) is 6. The van der Waals surface area contributed by atoms with Crippen LogP contribution in [0.1, 0.15) is 18.6 Å². The number of furan rings is 1. The molecule has 31 heavy (non-hydrogen) atoms. The van der Waals surface area contributed by atoms with Crippen LogP contribution in [-0.2, 0) is 16.1 Å². The molecule has 1 aliphatic heterocycles. The number of aromatic nitrogens is 1. The highest BCUT2D eigenvalue weighted by atomic mass is 32.1. The van der Waals surface area contributed by atoms with Gasteiger partial charge in [-0.25, -0.2) is 9.78 Å². The summed E-state index contributed by atoms with van der Waals surface area (Å²) in [6.07, 6.45) is 1.32. The van der Waals surface area contributed by atoms with Crippen molar-refractivity contribution in [1.82, 2.24) is 20.5 Å². The summed E-state index contributed by atoms with van der Waals surface area (Å²) in [6, 6.07) is 11.6. The van der Waals surface area contributed by atoms with Gasteiger partial charge in [0.25, 0.3) is 0 Å². The Morgan fingerprint density at radius 3 is 2.77 bits per heavy atom. The number of benzene rings is 1. The molecule has 0 radical (unpaired) electrons. The van der Waals surface area contributed by atoms with Crippen LogP contribution in [0.3, 0.4) is 0 Å². The van der Waals surface area contributed by atoms with Gasteiger partial charge in [0.05, 0.1) is 23.4 Å². The SMILES string of the molecule is COCCNC(=O)C1CCN(C(=O)NCc2ccc(-c3nc4ccccc4s3)o2)CC1. The van der Waals surface area contributed by atoms with Crippen molar-refractivity contribution in [2.75, 3.05) is 33.4 Å². The minimum atomic E-state index is -0.142. The van der Waals surface area contributed by atoms with Crippen LogP contribution in [0.15, 0.2) is 40.8 Å². The summed E-state index contributed by atoms with van der Waals surface area (Å²) in [5, 5.41) is 6.60. The Morgan fingerprint density at radius 1 is 1.19 bits per heavy atom. The Morgan fingerprint density at radius 2 is 2.00 bits per heavy atom. The Labute approximate surface area is 184 Å². The van der Waals surface area contributed by atoms with Gasteiger partial charge in [-0.05, 0) is 37.1 Å². The number of likely N-dealkylation sites (tertiary alicyclic amines) is 1. The normalized spacial score (nSPS) is 14.7. The molecule has 1 fully saturated rings. The molecule has 0 aliphatic carbocycles. The molecule has 0 spiro atoms. The molecule has 8 nitrogen and oxygen atoms in total. The lowest BCUT2D eigenvalue weighted by atomic mass is 9.96. The van der Waals surface area contributed by atoms with Crippen molar-refractivity contribution in [3.8, 4) is 10.8 Å². The summed E-state index contributed by atoms with van der Waals surface area (Å²) in [5.41, 5.74) is 0.949. The molecule has 4 rings (SSSR count). The van der Waals surface area contributed by atoms with Gasteiger partial charge in [-0.2, -0.15) is 0 Å². The van der Waals surface area contributed by atoms with Crippen molar-refractivity contribution in [1.29, 1.82) is 0 Å². The molecule has 0 unspecified atom stereocenters. The van der Waals surface area contributed by atoms with Gasteiger partial charge in [-0.15, -0.1) is 11.3 Å². The number of rotatable bonds is 7. The van der Waals surface area contributed by atoms with Crippen molar-refractivity contribution in [3.63, 3.8) is 0 Å². The highest BCUT2D eigenvalue weighted by Gasteiger charge is 2.27. The second kappa shape index (κ2) is 9.93. The van der Waals surface area contributed by atoms with E-state index in [-0.39, 0.29) is 17.9 Å². The second-order valence-electron chi connectivity index (χ2n) is 7.46. The van der Waals surface area contributed by atoms with Crippen LogP contribution in [-0.4, -0.2) is 55.2 Å². The fourth-order valence-electron chi connectivity index (χ4n) is 3.61. The third kappa shape index (κ3) is 5.23. The molecule has 1 aromatic carbocycles. The van der Waals surface area contributed by atoms with Crippen LogP contribution in [0, 0.1) is 5.92 Å². The molecule has 0 saturated carbocycles. The number of nitrogens with zero attached hydrogens (tertiary/aromatic N) is 2. The zero-order valence-electron chi connectivity index (χ0n) is 17.4. The summed E-state index contributed by atoms with van der Waals surface area (Å²) in [6.45, 7) is 2.44. The molecule has 164 valence electrons. The van der Waals surface area contributed by atoms with E-state index in [0.29, 0.717) is 57.1 Å². The first kappa shape index (κ1) is 21.3. The third-order valence-electron chi connectivity index (χ3n) is 5.34. The maximum atomic E-state index is 12.5. The van der Waals surface area contributed by atoms with E-state index in [4.69, 9.17) is 9.15 Å².